The summed E-state index contributed by atoms with van der Waals surface area (Å²) in [6.07, 6.45) is 3.91. The average molecular weight is 209 g/mol. The number of aromatic nitrogens is 2. The van der Waals surface area contributed by atoms with Crippen molar-refractivity contribution in [1.29, 1.82) is 0 Å². The van der Waals surface area contributed by atoms with Crippen LogP contribution in [-0.4, -0.2) is 30.0 Å². The molecule has 1 aromatic rings. The monoisotopic (exact) mass is 209 g/mol. The zero-order chi connectivity index (χ0) is 11.1. The van der Waals surface area contributed by atoms with Crippen LogP contribution in [0.25, 0.3) is 0 Å². The molecule has 15 heavy (non-hydrogen) atoms. The summed E-state index contributed by atoms with van der Waals surface area (Å²) in [6.45, 7) is 9.07. The van der Waals surface area contributed by atoms with E-state index in [4.69, 9.17) is 4.74 Å². The maximum Gasteiger partial charge on any atom is 0.0614 e. The van der Waals surface area contributed by atoms with Crippen molar-refractivity contribution in [1.82, 2.24) is 15.1 Å². The Hall–Kier alpha value is -1.13. The Bertz CT molecular complexity index is 307. The summed E-state index contributed by atoms with van der Waals surface area (Å²) in [5, 5.41) is 7.51. The van der Waals surface area contributed by atoms with Crippen LogP contribution in [0.2, 0.25) is 0 Å². The van der Waals surface area contributed by atoms with Crippen LogP contribution in [0.3, 0.4) is 0 Å². The van der Waals surface area contributed by atoms with E-state index in [1.54, 1.807) is 7.11 Å². The molecule has 0 saturated heterocycles. The summed E-state index contributed by atoms with van der Waals surface area (Å²) < 4.78 is 6.84. The van der Waals surface area contributed by atoms with Gasteiger partial charge < -0.3 is 10.1 Å². The van der Waals surface area contributed by atoms with E-state index < -0.39 is 0 Å². The minimum absolute atomic E-state index is 0.736. The van der Waals surface area contributed by atoms with Crippen LogP contribution in [0.5, 0.6) is 0 Å². The van der Waals surface area contributed by atoms with E-state index in [2.05, 4.69) is 17.0 Å². The van der Waals surface area contributed by atoms with E-state index in [1.807, 2.05) is 24.0 Å². The molecule has 1 heterocycles. The fourth-order valence-corrected chi connectivity index (χ4v) is 1.27. The summed E-state index contributed by atoms with van der Waals surface area (Å²) in [5.41, 5.74) is 2.30. The van der Waals surface area contributed by atoms with Crippen molar-refractivity contribution >= 4 is 0 Å². The summed E-state index contributed by atoms with van der Waals surface area (Å²) in [4.78, 5) is 0. The van der Waals surface area contributed by atoms with Gasteiger partial charge in [0.25, 0.3) is 0 Å². The van der Waals surface area contributed by atoms with Gasteiger partial charge in [-0.3, -0.25) is 4.68 Å². The van der Waals surface area contributed by atoms with Crippen LogP contribution >= 0.6 is 0 Å². The average Bonchev–Trinajstić information content (AvgIpc) is 2.59. The minimum atomic E-state index is 0.736. The molecule has 0 saturated carbocycles. The smallest absolute Gasteiger partial charge is 0.0614 e. The van der Waals surface area contributed by atoms with Gasteiger partial charge in [-0.1, -0.05) is 12.2 Å². The molecule has 1 aromatic heterocycles. The largest absolute Gasteiger partial charge is 0.383 e. The predicted octanol–water partition coefficient (Wildman–Crippen LogP) is 1.20. The molecule has 0 bridgehead atoms. The third kappa shape index (κ3) is 4.76. The van der Waals surface area contributed by atoms with Crippen molar-refractivity contribution in [3.63, 3.8) is 0 Å². The van der Waals surface area contributed by atoms with Crippen molar-refractivity contribution in [3.8, 4) is 0 Å². The quantitative estimate of drug-likeness (QED) is 0.541. The second kappa shape index (κ2) is 6.37. The van der Waals surface area contributed by atoms with Gasteiger partial charge in [0.1, 0.15) is 0 Å². The van der Waals surface area contributed by atoms with Crippen molar-refractivity contribution in [3.05, 3.63) is 30.1 Å². The molecule has 0 aliphatic carbocycles. The molecular weight excluding hydrogens is 190 g/mol. The lowest BCUT2D eigenvalue weighted by atomic mass is 10.3. The fourth-order valence-electron chi connectivity index (χ4n) is 1.27. The third-order valence-corrected chi connectivity index (χ3v) is 1.93. The highest BCUT2D eigenvalue weighted by Crippen LogP contribution is 1.99. The van der Waals surface area contributed by atoms with Crippen LogP contribution in [0, 0.1) is 0 Å². The van der Waals surface area contributed by atoms with Crippen LogP contribution < -0.4 is 5.32 Å². The number of ether oxygens (including phenoxy) is 1. The van der Waals surface area contributed by atoms with Gasteiger partial charge in [-0.2, -0.15) is 5.10 Å². The molecule has 0 spiro atoms. The Morgan fingerprint density at radius 1 is 1.67 bits per heavy atom. The topological polar surface area (TPSA) is 39.1 Å². The molecule has 84 valence electrons. The SMILES string of the molecule is C=C(C)Cn1cc(CNCCOC)cn1. The number of hydrogen-bond donors (Lipinski definition) is 1. The van der Waals surface area contributed by atoms with Gasteiger partial charge in [-0.15, -0.1) is 0 Å². The molecule has 0 fully saturated rings. The summed E-state index contributed by atoms with van der Waals surface area (Å²) in [5.74, 6) is 0. The van der Waals surface area contributed by atoms with Gasteiger partial charge >= 0.3 is 0 Å². The second-order valence-corrected chi connectivity index (χ2v) is 3.67. The van der Waals surface area contributed by atoms with Crippen molar-refractivity contribution < 1.29 is 4.74 Å². The molecular formula is C11H19N3O. The molecule has 1 rings (SSSR count). The molecule has 0 aromatic carbocycles. The van der Waals surface area contributed by atoms with Gasteiger partial charge in [-0.25, -0.2) is 0 Å². The number of nitrogens with one attached hydrogen (secondary N) is 1. The van der Waals surface area contributed by atoms with Gasteiger partial charge in [0.05, 0.1) is 19.3 Å². The Labute approximate surface area is 90.9 Å². The molecule has 0 aliphatic rings. The maximum atomic E-state index is 4.94. The molecule has 0 radical (unpaired) electrons. The van der Waals surface area contributed by atoms with E-state index in [0.717, 1.165) is 31.8 Å². The van der Waals surface area contributed by atoms with E-state index in [0.29, 0.717) is 0 Å². The highest BCUT2D eigenvalue weighted by atomic mass is 16.5. The number of allylic oxidation sites excluding steroid dienone is 1. The van der Waals surface area contributed by atoms with E-state index in [9.17, 15) is 0 Å². The maximum absolute atomic E-state index is 4.94. The van der Waals surface area contributed by atoms with Crippen LogP contribution in [0.4, 0.5) is 0 Å². The first-order valence-electron chi connectivity index (χ1n) is 5.07. The standard InChI is InChI=1S/C11H19N3O/c1-10(2)8-14-9-11(7-13-14)6-12-4-5-15-3/h7,9,12H,1,4-6,8H2,2-3H3. The van der Waals surface area contributed by atoms with Crippen LogP contribution in [-0.2, 0) is 17.8 Å². The molecule has 0 atom stereocenters. The highest BCUT2D eigenvalue weighted by Gasteiger charge is 1.97. The predicted molar refractivity (Wildman–Crippen MR) is 60.6 cm³/mol. The Kier molecular flexibility index (Phi) is 5.07. The molecule has 4 heteroatoms. The molecule has 0 unspecified atom stereocenters. The lowest BCUT2D eigenvalue weighted by Crippen LogP contribution is -2.18. The fraction of sp³-hybridized carbons (Fsp3) is 0.545. The van der Waals surface area contributed by atoms with Crippen molar-refractivity contribution in [2.75, 3.05) is 20.3 Å². The number of nitrogens with zero attached hydrogens (tertiary/aromatic N) is 2. The zero-order valence-corrected chi connectivity index (χ0v) is 9.49. The summed E-state index contributed by atoms with van der Waals surface area (Å²) in [7, 11) is 1.70. The second-order valence-electron chi connectivity index (χ2n) is 3.67. The van der Waals surface area contributed by atoms with E-state index in [1.165, 1.54) is 5.56 Å². The number of rotatable bonds is 7. The Balaban J connectivity index is 2.29. The Morgan fingerprint density at radius 2 is 2.47 bits per heavy atom. The lowest BCUT2D eigenvalue weighted by Gasteiger charge is -2.01. The van der Waals surface area contributed by atoms with Gasteiger partial charge in [0.15, 0.2) is 0 Å². The molecule has 0 amide bonds. The number of methoxy groups -OCH3 is 1. The van der Waals surface area contributed by atoms with Crippen molar-refractivity contribution in [2.45, 2.75) is 20.0 Å². The Morgan fingerprint density at radius 3 is 3.13 bits per heavy atom. The molecule has 0 aliphatic heterocycles. The highest BCUT2D eigenvalue weighted by molar-refractivity contribution is 5.04. The molecule has 4 nitrogen and oxygen atoms in total. The van der Waals surface area contributed by atoms with Gasteiger partial charge in [0.2, 0.25) is 0 Å². The van der Waals surface area contributed by atoms with Gasteiger partial charge in [0, 0.05) is 32.0 Å². The summed E-state index contributed by atoms with van der Waals surface area (Å²) >= 11 is 0. The normalized spacial score (nSPS) is 10.5. The number of hydrogen-bond acceptors (Lipinski definition) is 3. The zero-order valence-electron chi connectivity index (χ0n) is 9.49. The van der Waals surface area contributed by atoms with Crippen LogP contribution in [0.15, 0.2) is 24.5 Å². The lowest BCUT2D eigenvalue weighted by molar-refractivity contribution is 0.199. The van der Waals surface area contributed by atoms with E-state index in [-0.39, 0.29) is 0 Å². The van der Waals surface area contributed by atoms with Gasteiger partial charge in [-0.05, 0) is 6.92 Å². The molecule has 1 N–H and O–H groups in total. The van der Waals surface area contributed by atoms with Crippen molar-refractivity contribution in [2.24, 2.45) is 0 Å². The van der Waals surface area contributed by atoms with Crippen LogP contribution in [0.1, 0.15) is 12.5 Å². The first kappa shape index (κ1) is 11.9. The first-order valence-corrected chi connectivity index (χ1v) is 5.07. The summed E-state index contributed by atoms with van der Waals surface area (Å²) in [6, 6.07) is 0. The minimum Gasteiger partial charge on any atom is -0.383 e. The first-order chi connectivity index (χ1) is 7.22. The van der Waals surface area contributed by atoms with E-state index >= 15 is 0 Å². The third-order valence-electron chi connectivity index (χ3n) is 1.93.